The summed E-state index contributed by atoms with van der Waals surface area (Å²) >= 11 is 6.33. The molecule has 1 unspecified atom stereocenters. The van der Waals surface area contributed by atoms with Gasteiger partial charge in [-0.25, -0.2) is 4.68 Å². The Bertz CT molecular complexity index is 572. The molecule has 0 bridgehead atoms. The Labute approximate surface area is 129 Å². The van der Waals surface area contributed by atoms with Crippen molar-refractivity contribution in [1.82, 2.24) is 19.9 Å². The van der Waals surface area contributed by atoms with E-state index in [0.29, 0.717) is 12.0 Å². The first-order valence-corrected chi connectivity index (χ1v) is 8.07. The van der Waals surface area contributed by atoms with Gasteiger partial charge in [-0.3, -0.25) is 0 Å². The average Bonchev–Trinajstić information content (AvgIpc) is 3.25. The smallest absolute Gasteiger partial charge is 0.123 e. The molecular formula is C15H19ClN4O. The molecule has 0 N–H and O–H groups in total. The molecule has 1 atom stereocenters. The van der Waals surface area contributed by atoms with Crippen molar-refractivity contribution in [1.29, 1.82) is 0 Å². The Balaban J connectivity index is 1.54. The summed E-state index contributed by atoms with van der Waals surface area (Å²) in [6.45, 7) is 1.65. The standard InChI is InChI=1S/C15H19ClN4O/c16-15-4-3-13(9-19(15)12-1-2-12)20-10-14(17-18-20)11-5-7-21-8-6-11/h3-4,9-12,15H,1-2,5-8H2. The van der Waals surface area contributed by atoms with E-state index in [4.69, 9.17) is 16.3 Å². The first-order valence-electron chi connectivity index (χ1n) is 7.63. The van der Waals surface area contributed by atoms with Crippen LogP contribution in [0.4, 0.5) is 0 Å². The molecule has 4 rings (SSSR count). The second-order valence-corrected chi connectivity index (χ2v) is 6.39. The van der Waals surface area contributed by atoms with Gasteiger partial charge in [0.2, 0.25) is 0 Å². The number of ether oxygens (including phenoxy) is 1. The van der Waals surface area contributed by atoms with Crippen molar-refractivity contribution in [2.75, 3.05) is 13.2 Å². The number of hydrogen-bond acceptors (Lipinski definition) is 4. The second kappa shape index (κ2) is 5.46. The molecule has 112 valence electrons. The Morgan fingerprint density at radius 1 is 1.19 bits per heavy atom. The van der Waals surface area contributed by atoms with Crippen molar-refractivity contribution >= 4 is 17.3 Å². The van der Waals surface area contributed by atoms with Crippen LogP contribution in [0.15, 0.2) is 24.5 Å². The van der Waals surface area contributed by atoms with Crippen molar-refractivity contribution in [3.8, 4) is 0 Å². The third-order valence-corrected chi connectivity index (χ3v) is 4.75. The van der Waals surface area contributed by atoms with E-state index in [1.165, 1.54) is 12.8 Å². The van der Waals surface area contributed by atoms with E-state index in [9.17, 15) is 0 Å². The summed E-state index contributed by atoms with van der Waals surface area (Å²) in [5.41, 5.74) is 2.06. The Morgan fingerprint density at radius 2 is 2.00 bits per heavy atom. The van der Waals surface area contributed by atoms with Crippen LogP contribution in [0, 0.1) is 0 Å². The Morgan fingerprint density at radius 3 is 2.76 bits per heavy atom. The minimum absolute atomic E-state index is 0.0419. The lowest BCUT2D eigenvalue weighted by Gasteiger charge is -2.27. The molecule has 3 heterocycles. The number of nitrogens with zero attached hydrogens (tertiary/aromatic N) is 4. The van der Waals surface area contributed by atoms with E-state index in [1.54, 1.807) is 0 Å². The highest BCUT2D eigenvalue weighted by Crippen LogP contribution is 2.34. The van der Waals surface area contributed by atoms with Gasteiger partial charge in [-0.15, -0.1) is 5.10 Å². The van der Waals surface area contributed by atoms with Crippen LogP contribution < -0.4 is 0 Å². The lowest BCUT2D eigenvalue weighted by molar-refractivity contribution is 0.0845. The van der Waals surface area contributed by atoms with E-state index in [2.05, 4.69) is 21.4 Å². The number of halogens is 1. The summed E-state index contributed by atoms with van der Waals surface area (Å²) in [5.74, 6) is 0.473. The SMILES string of the molecule is ClC1C=CC(n2cc(C3CCOCC3)nn2)=CN1C1CC1. The van der Waals surface area contributed by atoms with Crippen LogP contribution in [0.3, 0.4) is 0 Å². The van der Waals surface area contributed by atoms with Crippen molar-refractivity contribution in [2.45, 2.75) is 43.1 Å². The highest BCUT2D eigenvalue weighted by molar-refractivity contribution is 6.21. The number of aromatic nitrogens is 3. The Hall–Kier alpha value is -1.33. The van der Waals surface area contributed by atoms with Gasteiger partial charge in [0.15, 0.2) is 0 Å². The summed E-state index contributed by atoms with van der Waals surface area (Å²) in [6.07, 6.45) is 12.7. The first kappa shape index (κ1) is 13.3. The maximum absolute atomic E-state index is 6.33. The van der Waals surface area contributed by atoms with Gasteiger partial charge in [-0.2, -0.15) is 0 Å². The maximum Gasteiger partial charge on any atom is 0.123 e. The molecule has 0 aromatic carbocycles. The minimum Gasteiger partial charge on any atom is -0.381 e. The van der Waals surface area contributed by atoms with Crippen molar-refractivity contribution in [2.24, 2.45) is 0 Å². The molecule has 2 fully saturated rings. The van der Waals surface area contributed by atoms with Gasteiger partial charge in [0.1, 0.15) is 5.50 Å². The lowest BCUT2D eigenvalue weighted by Crippen LogP contribution is -2.29. The fourth-order valence-corrected chi connectivity index (χ4v) is 3.23. The van der Waals surface area contributed by atoms with Gasteiger partial charge in [0.25, 0.3) is 0 Å². The molecule has 0 spiro atoms. The summed E-state index contributed by atoms with van der Waals surface area (Å²) in [7, 11) is 0. The van der Waals surface area contributed by atoms with Crippen molar-refractivity contribution < 1.29 is 4.74 Å². The molecule has 1 saturated carbocycles. The molecule has 1 aliphatic carbocycles. The summed E-state index contributed by atoms with van der Waals surface area (Å²) in [4.78, 5) is 2.21. The maximum atomic E-state index is 6.33. The van der Waals surface area contributed by atoms with Crippen molar-refractivity contribution in [3.05, 3.63) is 30.2 Å². The number of hydrogen-bond donors (Lipinski definition) is 0. The predicted molar refractivity (Wildman–Crippen MR) is 80.7 cm³/mol. The third kappa shape index (κ3) is 2.72. The summed E-state index contributed by atoms with van der Waals surface area (Å²) < 4.78 is 7.27. The molecule has 0 radical (unpaired) electrons. The zero-order valence-electron chi connectivity index (χ0n) is 11.9. The normalized spacial score (nSPS) is 27.0. The Kier molecular flexibility index (Phi) is 3.47. The van der Waals surface area contributed by atoms with Crippen molar-refractivity contribution in [3.63, 3.8) is 0 Å². The molecule has 21 heavy (non-hydrogen) atoms. The molecule has 3 aliphatic rings. The molecular weight excluding hydrogens is 288 g/mol. The zero-order valence-corrected chi connectivity index (χ0v) is 12.6. The number of alkyl halides is 1. The second-order valence-electron chi connectivity index (χ2n) is 5.94. The molecule has 6 heteroatoms. The van der Waals surface area contributed by atoms with Crippen LogP contribution in [-0.4, -0.2) is 44.7 Å². The molecule has 1 aromatic heterocycles. The molecule has 1 aromatic rings. The van der Waals surface area contributed by atoms with Gasteiger partial charge in [-0.05, 0) is 37.8 Å². The van der Waals surface area contributed by atoms with E-state index in [0.717, 1.165) is 37.4 Å². The highest BCUT2D eigenvalue weighted by Gasteiger charge is 2.32. The van der Waals surface area contributed by atoms with Crippen LogP contribution in [0.25, 0.3) is 5.70 Å². The monoisotopic (exact) mass is 306 g/mol. The van der Waals surface area contributed by atoms with Gasteiger partial charge >= 0.3 is 0 Å². The van der Waals surface area contributed by atoms with E-state index < -0.39 is 0 Å². The van der Waals surface area contributed by atoms with E-state index in [1.807, 2.05) is 23.0 Å². The molecule has 5 nitrogen and oxygen atoms in total. The topological polar surface area (TPSA) is 43.2 Å². The van der Waals surface area contributed by atoms with Crippen LogP contribution in [0.2, 0.25) is 0 Å². The lowest BCUT2D eigenvalue weighted by atomic mass is 9.97. The van der Waals surface area contributed by atoms with E-state index >= 15 is 0 Å². The van der Waals surface area contributed by atoms with Crippen LogP contribution in [-0.2, 0) is 4.74 Å². The van der Waals surface area contributed by atoms with Crippen LogP contribution in [0.1, 0.15) is 37.3 Å². The third-order valence-electron chi connectivity index (χ3n) is 4.38. The van der Waals surface area contributed by atoms with Crippen LogP contribution >= 0.6 is 11.6 Å². The fourth-order valence-electron chi connectivity index (χ4n) is 2.94. The van der Waals surface area contributed by atoms with Crippen LogP contribution in [0.5, 0.6) is 0 Å². The first-order chi connectivity index (χ1) is 10.3. The fraction of sp³-hybridized carbons (Fsp3) is 0.600. The van der Waals surface area contributed by atoms with E-state index in [-0.39, 0.29) is 5.50 Å². The summed E-state index contributed by atoms with van der Waals surface area (Å²) in [5, 5.41) is 8.64. The molecule has 2 aliphatic heterocycles. The highest BCUT2D eigenvalue weighted by atomic mass is 35.5. The summed E-state index contributed by atoms with van der Waals surface area (Å²) in [6, 6.07) is 0.589. The van der Waals surface area contributed by atoms with Gasteiger partial charge in [0, 0.05) is 31.4 Å². The van der Waals surface area contributed by atoms with Gasteiger partial charge in [-0.1, -0.05) is 16.8 Å². The predicted octanol–water partition coefficient (Wildman–Crippen LogP) is 2.57. The van der Waals surface area contributed by atoms with Gasteiger partial charge in [0.05, 0.1) is 17.6 Å². The minimum atomic E-state index is -0.0419. The molecule has 1 saturated heterocycles. The average molecular weight is 307 g/mol. The number of rotatable bonds is 3. The molecule has 0 amide bonds. The largest absolute Gasteiger partial charge is 0.381 e. The van der Waals surface area contributed by atoms with Gasteiger partial charge < -0.3 is 9.64 Å². The zero-order chi connectivity index (χ0) is 14.2. The quantitative estimate of drug-likeness (QED) is 0.636. The number of allylic oxidation sites excluding steroid dienone is 2.